The zero-order chi connectivity index (χ0) is 13.2. The second kappa shape index (κ2) is 8.49. The summed E-state index contributed by atoms with van der Waals surface area (Å²) in [5.41, 5.74) is 6.67. The second-order valence-electron chi connectivity index (χ2n) is 4.35. The number of rotatable bonds is 8. The van der Waals surface area contributed by atoms with E-state index in [0.29, 0.717) is 6.54 Å². The van der Waals surface area contributed by atoms with Gasteiger partial charge in [0.2, 0.25) is 0 Å². The van der Waals surface area contributed by atoms with Gasteiger partial charge in [0.05, 0.1) is 6.54 Å². The maximum atomic E-state index is 8.36. The zero-order valence-electron chi connectivity index (χ0n) is 10.8. The van der Waals surface area contributed by atoms with E-state index in [1.165, 1.54) is 5.56 Å². The molecule has 0 bridgehead atoms. The number of nitrogens with one attached hydrogen (secondary N) is 1. The molecule has 0 heterocycles. The van der Waals surface area contributed by atoms with E-state index in [0.717, 1.165) is 26.1 Å². The van der Waals surface area contributed by atoms with Gasteiger partial charge >= 0.3 is 0 Å². The number of oxime groups is 1. The third kappa shape index (κ3) is 6.22. The summed E-state index contributed by atoms with van der Waals surface area (Å²) < 4.78 is 0. The number of amidine groups is 1. The Morgan fingerprint density at radius 3 is 2.78 bits per heavy atom. The molecule has 0 aliphatic rings. The topological polar surface area (TPSA) is 73.9 Å². The van der Waals surface area contributed by atoms with Crippen LogP contribution in [0.2, 0.25) is 0 Å². The molecule has 0 radical (unpaired) electrons. The molecule has 1 aromatic carbocycles. The minimum atomic E-state index is 0.215. The van der Waals surface area contributed by atoms with Gasteiger partial charge in [0.1, 0.15) is 0 Å². The van der Waals surface area contributed by atoms with Gasteiger partial charge in [0.25, 0.3) is 0 Å². The third-order valence-corrected chi connectivity index (χ3v) is 2.62. The average molecular weight is 250 g/mol. The second-order valence-corrected chi connectivity index (χ2v) is 4.35. The number of benzene rings is 1. The Bertz CT molecular complexity index is 353. The van der Waals surface area contributed by atoms with E-state index in [-0.39, 0.29) is 5.84 Å². The molecule has 0 atom stereocenters. The van der Waals surface area contributed by atoms with Gasteiger partial charge in [0.15, 0.2) is 5.84 Å². The molecule has 1 rings (SSSR count). The largest absolute Gasteiger partial charge is 0.409 e. The molecular weight excluding hydrogens is 228 g/mol. The van der Waals surface area contributed by atoms with Crippen LogP contribution in [-0.2, 0) is 6.54 Å². The molecule has 0 aliphatic heterocycles. The van der Waals surface area contributed by atoms with Crippen molar-refractivity contribution in [2.45, 2.75) is 13.0 Å². The molecule has 18 heavy (non-hydrogen) atoms. The predicted octanol–water partition coefficient (Wildman–Crippen LogP) is 0.845. The Hall–Kier alpha value is -1.59. The Labute approximate surface area is 108 Å². The summed E-state index contributed by atoms with van der Waals surface area (Å²) in [6.45, 7) is 3.26. The summed E-state index contributed by atoms with van der Waals surface area (Å²) >= 11 is 0. The van der Waals surface area contributed by atoms with Crippen LogP contribution in [0.1, 0.15) is 12.0 Å². The number of nitrogens with zero attached hydrogens (tertiary/aromatic N) is 2. The molecule has 5 nitrogen and oxygen atoms in total. The third-order valence-electron chi connectivity index (χ3n) is 2.62. The normalized spacial score (nSPS) is 12.0. The fourth-order valence-corrected chi connectivity index (χ4v) is 1.70. The van der Waals surface area contributed by atoms with Crippen molar-refractivity contribution in [3.05, 3.63) is 35.9 Å². The van der Waals surface area contributed by atoms with Crippen molar-refractivity contribution in [2.75, 3.05) is 26.7 Å². The number of nitrogens with two attached hydrogens (primary N) is 1. The molecule has 0 saturated carbocycles. The minimum absolute atomic E-state index is 0.215. The molecule has 4 N–H and O–H groups in total. The fraction of sp³-hybridized carbons (Fsp3) is 0.462. The van der Waals surface area contributed by atoms with Crippen molar-refractivity contribution in [1.29, 1.82) is 0 Å². The Morgan fingerprint density at radius 1 is 1.39 bits per heavy atom. The van der Waals surface area contributed by atoms with Crippen LogP contribution in [0.25, 0.3) is 0 Å². The summed E-state index contributed by atoms with van der Waals surface area (Å²) in [6, 6.07) is 10.4. The predicted molar refractivity (Wildman–Crippen MR) is 73.7 cm³/mol. The van der Waals surface area contributed by atoms with E-state index in [2.05, 4.69) is 46.7 Å². The van der Waals surface area contributed by atoms with Crippen LogP contribution in [0.3, 0.4) is 0 Å². The van der Waals surface area contributed by atoms with E-state index in [9.17, 15) is 0 Å². The van der Waals surface area contributed by atoms with E-state index >= 15 is 0 Å². The minimum Gasteiger partial charge on any atom is -0.409 e. The molecule has 0 aliphatic carbocycles. The van der Waals surface area contributed by atoms with Crippen molar-refractivity contribution in [1.82, 2.24) is 10.2 Å². The standard InChI is InChI=1S/C13H22N4O/c1-17(11-12-6-3-2-4-7-12)9-5-8-15-10-13(14)16-18/h2-4,6-7,15,18H,5,8-11H2,1H3,(H2,14,16). The van der Waals surface area contributed by atoms with Gasteiger partial charge in [-0.15, -0.1) is 0 Å². The molecule has 0 fully saturated rings. The van der Waals surface area contributed by atoms with Crippen LogP contribution in [0.4, 0.5) is 0 Å². The highest BCUT2D eigenvalue weighted by Gasteiger charge is 1.99. The molecule has 0 saturated heterocycles. The van der Waals surface area contributed by atoms with E-state index in [1.54, 1.807) is 0 Å². The van der Waals surface area contributed by atoms with Gasteiger partial charge in [-0.1, -0.05) is 35.5 Å². The SMILES string of the molecule is CN(CCCNCC(N)=NO)Cc1ccccc1. The molecule has 0 aromatic heterocycles. The van der Waals surface area contributed by atoms with Crippen LogP contribution in [0.5, 0.6) is 0 Å². The van der Waals surface area contributed by atoms with E-state index in [1.807, 2.05) is 6.07 Å². The highest BCUT2D eigenvalue weighted by Crippen LogP contribution is 2.02. The summed E-state index contributed by atoms with van der Waals surface area (Å²) in [5.74, 6) is 0.215. The van der Waals surface area contributed by atoms with Gasteiger partial charge in [-0.2, -0.15) is 0 Å². The molecule has 0 spiro atoms. The first kappa shape index (κ1) is 14.5. The lowest BCUT2D eigenvalue weighted by atomic mass is 10.2. The van der Waals surface area contributed by atoms with Crippen molar-refractivity contribution >= 4 is 5.84 Å². The van der Waals surface area contributed by atoms with Gasteiger partial charge < -0.3 is 21.2 Å². The summed E-state index contributed by atoms with van der Waals surface area (Å²) in [5, 5.41) is 14.4. The first-order chi connectivity index (χ1) is 8.72. The van der Waals surface area contributed by atoms with Gasteiger partial charge in [0, 0.05) is 6.54 Å². The van der Waals surface area contributed by atoms with Gasteiger partial charge in [-0.05, 0) is 32.1 Å². The molecule has 0 unspecified atom stereocenters. The smallest absolute Gasteiger partial charge is 0.153 e. The summed E-state index contributed by atoms with van der Waals surface area (Å²) in [6.07, 6.45) is 1.03. The lowest BCUT2D eigenvalue weighted by Crippen LogP contribution is -2.31. The molecule has 1 aromatic rings. The molecule has 0 amide bonds. The van der Waals surface area contributed by atoms with Crippen molar-refractivity contribution in [3.8, 4) is 0 Å². The van der Waals surface area contributed by atoms with Crippen molar-refractivity contribution in [2.24, 2.45) is 10.9 Å². The van der Waals surface area contributed by atoms with E-state index < -0.39 is 0 Å². The quantitative estimate of drug-likeness (QED) is 0.210. The first-order valence-electron chi connectivity index (χ1n) is 6.12. The zero-order valence-corrected chi connectivity index (χ0v) is 10.8. The highest BCUT2D eigenvalue weighted by atomic mass is 16.4. The van der Waals surface area contributed by atoms with Crippen LogP contribution in [-0.4, -0.2) is 42.6 Å². The van der Waals surface area contributed by atoms with Crippen LogP contribution >= 0.6 is 0 Å². The van der Waals surface area contributed by atoms with Gasteiger partial charge in [-0.3, -0.25) is 0 Å². The first-order valence-corrected chi connectivity index (χ1v) is 6.12. The Kier molecular flexibility index (Phi) is 6.83. The summed E-state index contributed by atoms with van der Waals surface area (Å²) in [7, 11) is 2.11. The van der Waals surface area contributed by atoms with Crippen LogP contribution in [0, 0.1) is 0 Å². The number of hydrogen-bond acceptors (Lipinski definition) is 4. The van der Waals surface area contributed by atoms with Gasteiger partial charge in [-0.25, -0.2) is 0 Å². The lowest BCUT2D eigenvalue weighted by molar-refractivity contribution is 0.315. The molecule has 5 heteroatoms. The Balaban J connectivity index is 2.09. The molecular formula is C13H22N4O. The maximum Gasteiger partial charge on any atom is 0.153 e. The summed E-state index contributed by atoms with van der Waals surface area (Å²) in [4.78, 5) is 2.28. The highest BCUT2D eigenvalue weighted by molar-refractivity contribution is 5.81. The monoisotopic (exact) mass is 250 g/mol. The molecule has 100 valence electrons. The van der Waals surface area contributed by atoms with E-state index in [4.69, 9.17) is 10.9 Å². The Morgan fingerprint density at radius 2 is 2.11 bits per heavy atom. The lowest BCUT2D eigenvalue weighted by Gasteiger charge is -2.16. The number of hydrogen-bond donors (Lipinski definition) is 3. The van der Waals surface area contributed by atoms with Crippen molar-refractivity contribution in [3.63, 3.8) is 0 Å². The van der Waals surface area contributed by atoms with Crippen LogP contribution in [0.15, 0.2) is 35.5 Å². The van der Waals surface area contributed by atoms with Crippen LogP contribution < -0.4 is 11.1 Å². The average Bonchev–Trinajstić information content (AvgIpc) is 2.39. The fourth-order valence-electron chi connectivity index (χ4n) is 1.70. The maximum absolute atomic E-state index is 8.36. The van der Waals surface area contributed by atoms with Crippen molar-refractivity contribution < 1.29 is 5.21 Å².